The molecule has 1 fully saturated rings. The summed E-state index contributed by atoms with van der Waals surface area (Å²) in [6.07, 6.45) is 0. The minimum absolute atomic E-state index is 0.0454. The summed E-state index contributed by atoms with van der Waals surface area (Å²) in [7, 11) is -3.83. The molecule has 1 aliphatic rings. The number of halogens is 2. The van der Waals surface area contributed by atoms with Crippen LogP contribution in [0, 0.1) is 5.82 Å². The number of rotatable bonds is 3. The van der Waals surface area contributed by atoms with Crippen molar-refractivity contribution in [2.75, 3.05) is 32.0 Å². The van der Waals surface area contributed by atoms with Crippen molar-refractivity contribution in [3.8, 4) is 0 Å². The van der Waals surface area contributed by atoms with Gasteiger partial charge in [-0.05, 0) is 28.1 Å². The van der Waals surface area contributed by atoms with Gasteiger partial charge in [0, 0.05) is 13.1 Å². The summed E-state index contributed by atoms with van der Waals surface area (Å²) in [5.74, 6) is -0.608. The average molecular weight is 354 g/mol. The summed E-state index contributed by atoms with van der Waals surface area (Å²) >= 11 is 2.94. The summed E-state index contributed by atoms with van der Waals surface area (Å²) in [5.41, 5.74) is 5.42. The first-order chi connectivity index (χ1) is 8.90. The Morgan fingerprint density at radius 2 is 2.00 bits per heavy atom. The second-order valence-electron chi connectivity index (χ2n) is 4.00. The van der Waals surface area contributed by atoms with E-state index in [4.69, 9.17) is 10.5 Å². The average Bonchev–Trinajstić information content (AvgIpc) is 2.34. The molecule has 0 radical (unpaired) electrons. The normalized spacial score (nSPS) is 17.6. The SMILES string of the molecule is Nc1cc(F)c(Br)cc1S(=O)(=O)NN1CCOCC1. The molecule has 1 aromatic carbocycles. The van der Waals surface area contributed by atoms with Gasteiger partial charge in [0.25, 0.3) is 10.0 Å². The Hall–Kier alpha value is -0.740. The van der Waals surface area contributed by atoms with Crippen LogP contribution in [-0.2, 0) is 14.8 Å². The zero-order valence-corrected chi connectivity index (χ0v) is 12.3. The molecule has 19 heavy (non-hydrogen) atoms. The molecule has 1 heterocycles. The lowest BCUT2D eigenvalue weighted by Gasteiger charge is -2.26. The van der Waals surface area contributed by atoms with Gasteiger partial charge in [-0.15, -0.1) is 4.83 Å². The molecule has 1 saturated heterocycles. The van der Waals surface area contributed by atoms with Gasteiger partial charge in [-0.3, -0.25) is 0 Å². The van der Waals surface area contributed by atoms with Crippen molar-refractivity contribution in [2.24, 2.45) is 0 Å². The van der Waals surface area contributed by atoms with E-state index in [2.05, 4.69) is 20.8 Å². The number of anilines is 1. The van der Waals surface area contributed by atoms with Gasteiger partial charge in [-0.2, -0.15) is 0 Å². The van der Waals surface area contributed by atoms with Crippen LogP contribution in [0.15, 0.2) is 21.5 Å². The highest BCUT2D eigenvalue weighted by Crippen LogP contribution is 2.26. The monoisotopic (exact) mass is 353 g/mol. The summed E-state index contributed by atoms with van der Waals surface area (Å²) < 4.78 is 42.7. The van der Waals surface area contributed by atoms with Crippen LogP contribution < -0.4 is 10.6 Å². The molecule has 3 N–H and O–H groups in total. The van der Waals surface area contributed by atoms with E-state index in [-0.39, 0.29) is 15.1 Å². The third-order valence-electron chi connectivity index (χ3n) is 2.60. The Balaban J connectivity index is 2.26. The second kappa shape index (κ2) is 5.71. The number of sulfonamides is 1. The Morgan fingerprint density at radius 3 is 2.63 bits per heavy atom. The number of nitrogens with zero attached hydrogens (tertiary/aromatic N) is 1. The van der Waals surface area contributed by atoms with Crippen LogP contribution in [0.4, 0.5) is 10.1 Å². The molecule has 0 spiro atoms. The molecule has 0 aromatic heterocycles. The van der Waals surface area contributed by atoms with Crippen molar-refractivity contribution in [1.82, 2.24) is 9.84 Å². The number of nitrogens with one attached hydrogen (secondary N) is 1. The predicted molar refractivity (Wildman–Crippen MR) is 71.2 cm³/mol. The number of hydrogen-bond acceptors (Lipinski definition) is 5. The van der Waals surface area contributed by atoms with Gasteiger partial charge < -0.3 is 10.5 Å². The Bertz CT molecular complexity index is 576. The first-order valence-electron chi connectivity index (χ1n) is 5.50. The molecule has 1 aromatic rings. The summed E-state index contributed by atoms with van der Waals surface area (Å²) in [6.45, 7) is 1.79. The van der Waals surface area contributed by atoms with Crippen LogP contribution in [0.25, 0.3) is 0 Å². The lowest BCUT2D eigenvalue weighted by atomic mass is 10.3. The van der Waals surface area contributed by atoms with Crippen LogP contribution in [0.3, 0.4) is 0 Å². The number of hydrogen-bond donors (Lipinski definition) is 2. The van der Waals surface area contributed by atoms with Gasteiger partial charge in [0.1, 0.15) is 10.7 Å². The number of ether oxygens (including phenoxy) is 1. The van der Waals surface area contributed by atoms with Crippen LogP contribution in [0.2, 0.25) is 0 Å². The topological polar surface area (TPSA) is 84.7 Å². The summed E-state index contributed by atoms with van der Waals surface area (Å²) in [5, 5.41) is 1.52. The molecule has 0 aliphatic carbocycles. The maximum Gasteiger partial charge on any atom is 0.255 e. The summed E-state index contributed by atoms with van der Waals surface area (Å²) in [6, 6.07) is 2.12. The fourth-order valence-electron chi connectivity index (χ4n) is 1.65. The van der Waals surface area contributed by atoms with Crippen molar-refractivity contribution in [3.05, 3.63) is 22.4 Å². The molecule has 9 heteroatoms. The maximum atomic E-state index is 13.2. The van der Waals surface area contributed by atoms with Crippen LogP contribution in [0.1, 0.15) is 0 Å². The van der Waals surface area contributed by atoms with Gasteiger partial charge in [0.05, 0.1) is 23.4 Å². The smallest absolute Gasteiger partial charge is 0.255 e. The zero-order valence-electron chi connectivity index (χ0n) is 9.90. The Kier molecular flexibility index (Phi) is 4.41. The molecular weight excluding hydrogens is 341 g/mol. The van der Waals surface area contributed by atoms with Crippen molar-refractivity contribution in [2.45, 2.75) is 4.90 Å². The molecule has 0 amide bonds. The van der Waals surface area contributed by atoms with E-state index in [1.807, 2.05) is 0 Å². The number of hydrazine groups is 1. The molecule has 0 saturated carbocycles. The zero-order chi connectivity index (χ0) is 14.0. The summed E-state index contributed by atoms with van der Waals surface area (Å²) in [4.78, 5) is 2.24. The van der Waals surface area contributed by atoms with E-state index in [0.29, 0.717) is 26.3 Å². The van der Waals surface area contributed by atoms with Crippen LogP contribution in [0.5, 0.6) is 0 Å². The van der Waals surface area contributed by atoms with Gasteiger partial charge in [0.15, 0.2) is 0 Å². The van der Waals surface area contributed by atoms with Crippen molar-refractivity contribution in [3.63, 3.8) is 0 Å². The van der Waals surface area contributed by atoms with E-state index < -0.39 is 15.8 Å². The molecule has 0 unspecified atom stereocenters. The molecule has 1 aliphatic heterocycles. The van der Waals surface area contributed by atoms with E-state index in [1.54, 1.807) is 0 Å². The standard InChI is InChI=1S/C10H13BrFN3O3S/c11-7-5-10(9(13)6-8(7)12)19(16,17)14-15-1-3-18-4-2-15/h5-6,14H,1-4,13H2. The number of morpholine rings is 1. The maximum absolute atomic E-state index is 13.2. The van der Waals surface area contributed by atoms with Gasteiger partial charge in [-0.25, -0.2) is 17.8 Å². The van der Waals surface area contributed by atoms with E-state index in [9.17, 15) is 12.8 Å². The largest absolute Gasteiger partial charge is 0.398 e. The number of nitrogens with two attached hydrogens (primary N) is 1. The van der Waals surface area contributed by atoms with Crippen molar-refractivity contribution < 1.29 is 17.5 Å². The third-order valence-corrected chi connectivity index (χ3v) is 4.64. The highest BCUT2D eigenvalue weighted by Gasteiger charge is 2.23. The minimum atomic E-state index is -3.83. The van der Waals surface area contributed by atoms with E-state index in [1.165, 1.54) is 5.01 Å². The minimum Gasteiger partial charge on any atom is -0.398 e. The van der Waals surface area contributed by atoms with Gasteiger partial charge in [-0.1, -0.05) is 0 Å². The quantitative estimate of drug-likeness (QED) is 0.781. The number of benzene rings is 1. The molecular formula is C10H13BrFN3O3S. The van der Waals surface area contributed by atoms with Crippen molar-refractivity contribution >= 4 is 31.6 Å². The third kappa shape index (κ3) is 3.42. The Morgan fingerprint density at radius 1 is 1.37 bits per heavy atom. The first kappa shape index (κ1) is 14.7. The highest BCUT2D eigenvalue weighted by atomic mass is 79.9. The molecule has 6 nitrogen and oxygen atoms in total. The Labute approximate surface area is 118 Å². The fraction of sp³-hybridized carbons (Fsp3) is 0.400. The molecule has 0 bridgehead atoms. The lowest BCUT2D eigenvalue weighted by molar-refractivity contribution is 0.0272. The van der Waals surface area contributed by atoms with Crippen molar-refractivity contribution in [1.29, 1.82) is 0 Å². The lowest BCUT2D eigenvalue weighted by Crippen LogP contribution is -2.48. The predicted octanol–water partition coefficient (Wildman–Crippen LogP) is 0.696. The highest BCUT2D eigenvalue weighted by molar-refractivity contribution is 9.10. The van der Waals surface area contributed by atoms with Gasteiger partial charge in [0.2, 0.25) is 0 Å². The van der Waals surface area contributed by atoms with Crippen LogP contribution >= 0.6 is 15.9 Å². The molecule has 106 valence electrons. The first-order valence-corrected chi connectivity index (χ1v) is 7.77. The molecule has 2 rings (SSSR count). The van der Waals surface area contributed by atoms with E-state index in [0.717, 1.165) is 12.1 Å². The molecule has 0 atom stereocenters. The fourth-order valence-corrected chi connectivity index (χ4v) is 3.41. The van der Waals surface area contributed by atoms with Crippen LogP contribution in [-0.4, -0.2) is 39.7 Å². The number of nitrogen functional groups attached to an aromatic ring is 1. The van der Waals surface area contributed by atoms with Gasteiger partial charge >= 0.3 is 0 Å². The second-order valence-corrected chi connectivity index (χ2v) is 6.48. The van der Waals surface area contributed by atoms with E-state index >= 15 is 0 Å².